The summed E-state index contributed by atoms with van der Waals surface area (Å²) in [5, 5.41) is 9.06. The zero-order valence-electron chi connectivity index (χ0n) is 17.1. The molecule has 0 saturated heterocycles. The molecule has 0 saturated carbocycles. The molecular formula is C24H23ClN2O3. The Kier molecular flexibility index (Phi) is 7.50. The summed E-state index contributed by atoms with van der Waals surface area (Å²) < 4.78 is 0. The largest absolute Gasteiger partial charge is 0.478 e. The third-order valence-electron chi connectivity index (χ3n) is 4.53. The van der Waals surface area contributed by atoms with Gasteiger partial charge in [0.2, 0.25) is 0 Å². The van der Waals surface area contributed by atoms with Gasteiger partial charge in [0, 0.05) is 11.1 Å². The number of carboxylic acids is 1. The standard InChI is InChI=1S/C24H23ClN2O3/c1-5-7-14(3)18(6-2)19-10-9-17(12-15(19)4)23(28)27-22(26)16-8-11-20(24(29)30)21(25)13-16/h5-13H,2H2,1,3-4H3,(H,29,30)(H2,26,27,28)/b7-5-,18-14+. The SMILES string of the molecule is C=C/C(=C(C)\C=C/C)c1ccc(C(=O)N=C(N)c2ccc(C(=O)O)c(Cl)c2)cc1C. The lowest BCUT2D eigenvalue weighted by molar-refractivity contribution is 0.0697. The molecule has 0 atom stereocenters. The Bertz CT molecular complexity index is 1110. The van der Waals surface area contributed by atoms with Crippen LogP contribution in [-0.4, -0.2) is 22.8 Å². The number of amidine groups is 1. The van der Waals surface area contributed by atoms with Crippen molar-refractivity contribution in [2.75, 3.05) is 0 Å². The predicted octanol–water partition coefficient (Wildman–Crippen LogP) is 5.43. The summed E-state index contributed by atoms with van der Waals surface area (Å²) in [4.78, 5) is 27.6. The van der Waals surface area contributed by atoms with Crippen molar-refractivity contribution in [3.63, 3.8) is 0 Å². The van der Waals surface area contributed by atoms with Crippen LogP contribution in [0.25, 0.3) is 5.57 Å². The van der Waals surface area contributed by atoms with E-state index in [9.17, 15) is 9.59 Å². The molecule has 2 aromatic rings. The fraction of sp³-hybridized carbons (Fsp3) is 0.125. The highest BCUT2D eigenvalue weighted by molar-refractivity contribution is 6.34. The van der Waals surface area contributed by atoms with E-state index in [1.165, 1.54) is 18.2 Å². The molecule has 30 heavy (non-hydrogen) atoms. The molecule has 6 heteroatoms. The number of halogens is 1. The smallest absolute Gasteiger partial charge is 0.337 e. The minimum absolute atomic E-state index is 0.0195. The third-order valence-corrected chi connectivity index (χ3v) is 4.84. The third kappa shape index (κ3) is 5.13. The lowest BCUT2D eigenvalue weighted by Crippen LogP contribution is -2.16. The normalized spacial score (nSPS) is 12.6. The lowest BCUT2D eigenvalue weighted by Gasteiger charge is -2.11. The maximum Gasteiger partial charge on any atom is 0.337 e. The van der Waals surface area contributed by atoms with Gasteiger partial charge in [0.25, 0.3) is 5.91 Å². The van der Waals surface area contributed by atoms with E-state index in [-0.39, 0.29) is 16.4 Å². The first-order valence-electron chi connectivity index (χ1n) is 9.18. The van der Waals surface area contributed by atoms with Gasteiger partial charge in [-0.15, -0.1) is 0 Å². The molecule has 3 N–H and O–H groups in total. The molecule has 0 fully saturated rings. The van der Waals surface area contributed by atoms with Gasteiger partial charge >= 0.3 is 5.97 Å². The van der Waals surface area contributed by atoms with Gasteiger partial charge in [-0.2, -0.15) is 4.99 Å². The summed E-state index contributed by atoms with van der Waals surface area (Å²) in [6, 6.07) is 9.45. The van der Waals surface area contributed by atoms with Gasteiger partial charge in [-0.25, -0.2) is 4.79 Å². The molecule has 0 radical (unpaired) electrons. The van der Waals surface area contributed by atoms with Gasteiger partial charge in [-0.3, -0.25) is 4.79 Å². The van der Waals surface area contributed by atoms with Crippen LogP contribution < -0.4 is 5.73 Å². The highest BCUT2D eigenvalue weighted by Gasteiger charge is 2.13. The van der Waals surface area contributed by atoms with E-state index in [1.807, 2.05) is 39.0 Å². The predicted molar refractivity (Wildman–Crippen MR) is 122 cm³/mol. The van der Waals surface area contributed by atoms with Crippen LogP contribution in [0.2, 0.25) is 5.02 Å². The molecule has 0 bridgehead atoms. The van der Waals surface area contributed by atoms with E-state index < -0.39 is 11.9 Å². The van der Waals surface area contributed by atoms with Crippen LogP contribution in [0, 0.1) is 6.92 Å². The average molecular weight is 423 g/mol. The van der Waals surface area contributed by atoms with Gasteiger partial charge in [0.05, 0.1) is 10.6 Å². The number of amides is 1. The Morgan fingerprint density at radius 1 is 1.13 bits per heavy atom. The number of hydrogen-bond donors (Lipinski definition) is 2. The van der Waals surface area contributed by atoms with Crippen LogP contribution >= 0.6 is 11.6 Å². The lowest BCUT2D eigenvalue weighted by atomic mass is 9.94. The Labute approximate surface area is 180 Å². The number of rotatable bonds is 6. The summed E-state index contributed by atoms with van der Waals surface area (Å²) in [6.45, 7) is 9.75. The number of nitrogens with zero attached hydrogens (tertiary/aromatic N) is 1. The number of aromatic carboxylic acids is 1. The molecule has 2 rings (SSSR count). The Morgan fingerprint density at radius 3 is 2.30 bits per heavy atom. The van der Waals surface area contributed by atoms with Crippen LogP contribution in [0.5, 0.6) is 0 Å². The van der Waals surface area contributed by atoms with Gasteiger partial charge in [0.1, 0.15) is 5.84 Å². The van der Waals surface area contributed by atoms with E-state index >= 15 is 0 Å². The van der Waals surface area contributed by atoms with Crippen LogP contribution in [0.3, 0.4) is 0 Å². The second-order valence-corrected chi connectivity index (χ2v) is 7.04. The zero-order valence-corrected chi connectivity index (χ0v) is 17.8. The first-order chi connectivity index (χ1) is 14.2. The molecule has 2 aromatic carbocycles. The molecule has 0 aliphatic rings. The van der Waals surface area contributed by atoms with Crippen LogP contribution in [0.1, 0.15) is 51.3 Å². The van der Waals surface area contributed by atoms with Crippen molar-refractivity contribution >= 4 is 34.9 Å². The number of hydrogen-bond acceptors (Lipinski definition) is 2. The molecule has 0 aromatic heterocycles. The van der Waals surface area contributed by atoms with Crippen molar-refractivity contribution in [3.8, 4) is 0 Å². The molecule has 1 amide bonds. The molecule has 5 nitrogen and oxygen atoms in total. The van der Waals surface area contributed by atoms with E-state index in [0.29, 0.717) is 11.1 Å². The van der Waals surface area contributed by atoms with Gasteiger partial charge in [-0.05, 0) is 67.3 Å². The fourth-order valence-electron chi connectivity index (χ4n) is 3.01. The average Bonchev–Trinajstić information content (AvgIpc) is 2.69. The minimum Gasteiger partial charge on any atom is -0.478 e. The van der Waals surface area contributed by atoms with Crippen LogP contribution in [0.4, 0.5) is 0 Å². The van der Waals surface area contributed by atoms with E-state index in [2.05, 4.69) is 11.6 Å². The molecule has 0 spiro atoms. The Balaban J connectivity index is 2.37. The zero-order chi connectivity index (χ0) is 22.4. The van der Waals surface area contributed by atoms with Crippen LogP contribution in [-0.2, 0) is 0 Å². The van der Waals surface area contributed by atoms with Crippen molar-refractivity contribution < 1.29 is 14.7 Å². The maximum absolute atomic E-state index is 12.6. The highest BCUT2D eigenvalue weighted by Crippen LogP contribution is 2.25. The summed E-state index contributed by atoms with van der Waals surface area (Å²) in [6.07, 6.45) is 5.75. The number of aliphatic imine (C=N–C) groups is 1. The van der Waals surface area contributed by atoms with E-state index in [1.54, 1.807) is 18.2 Å². The van der Waals surface area contributed by atoms with Crippen molar-refractivity contribution in [2.24, 2.45) is 10.7 Å². The second-order valence-electron chi connectivity index (χ2n) is 6.63. The summed E-state index contributed by atoms with van der Waals surface area (Å²) >= 11 is 5.96. The number of carboxylic acid groups (broad SMARTS) is 1. The van der Waals surface area contributed by atoms with Crippen molar-refractivity contribution in [1.29, 1.82) is 0 Å². The Morgan fingerprint density at radius 2 is 1.77 bits per heavy atom. The van der Waals surface area contributed by atoms with Gasteiger partial charge in [-0.1, -0.05) is 48.5 Å². The number of nitrogens with two attached hydrogens (primary N) is 1. The van der Waals surface area contributed by atoms with E-state index in [0.717, 1.165) is 22.3 Å². The maximum atomic E-state index is 12.6. The quantitative estimate of drug-likeness (QED) is 0.369. The molecule has 154 valence electrons. The van der Waals surface area contributed by atoms with Crippen molar-refractivity contribution in [1.82, 2.24) is 0 Å². The second kappa shape index (κ2) is 9.85. The van der Waals surface area contributed by atoms with Gasteiger partial charge < -0.3 is 10.8 Å². The monoisotopic (exact) mass is 422 g/mol. The fourth-order valence-corrected chi connectivity index (χ4v) is 3.27. The minimum atomic E-state index is -1.15. The van der Waals surface area contributed by atoms with Crippen molar-refractivity contribution in [2.45, 2.75) is 20.8 Å². The number of allylic oxidation sites excluding steroid dienone is 5. The summed E-state index contributed by atoms with van der Waals surface area (Å²) in [7, 11) is 0. The van der Waals surface area contributed by atoms with E-state index in [4.69, 9.17) is 22.4 Å². The number of benzene rings is 2. The Hall–Kier alpha value is -3.44. The van der Waals surface area contributed by atoms with Crippen molar-refractivity contribution in [3.05, 3.63) is 99.6 Å². The molecule has 0 heterocycles. The summed E-state index contributed by atoms with van der Waals surface area (Å²) in [5.41, 5.74) is 10.6. The molecule has 0 unspecified atom stereocenters. The molecule has 0 aliphatic heterocycles. The molecular weight excluding hydrogens is 400 g/mol. The number of carbonyl (C=O) groups is 2. The van der Waals surface area contributed by atoms with Crippen LogP contribution in [0.15, 0.2) is 71.8 Å². The topological polar surface area (TPSA) is 92.8 Å². The first kappa shape index (κ1) is 22.8. The molecule has 0 aliphatic carbocycles. The first-order valence-corrected chi connectivity index (χ1v) is 9.56. The number of aryl methyl sites for hydroxylation is 1. The highest BCUT2D eigenvalue weighted by atomic mass is 35.5. The number of carbonyl (C=O) groups excluding carboxylic acids is 1. The summed E-state index contributed by atoms with van der Waals surface area (Å²) in [5.74, 6) is -1.70. The van der Waals surface area contributed by atoms with Gasteiger partial charge in [0.15, 0.2) is 0 Å².